The van der Waals surface area contributed by atoms with Crippen LogP contribution >= 0.6 is 27.5 Å². The molecule has 0 amide bonds. The zero-order valence-electron chi connectivity index (χ0n) is 12.3. The average Bonchev–Trinajstić information content (AvgIpc) is 2.95. The lowest BCUT2D eigenvalue weighted by atomic mass is 10.1. The van der Waals surface area contributed by atoms with Crippen molar-refractivity contribution < 1.29 is 9.15 Å². The van der Waals surface area contributed by atoms with E-state index in [2.05, 4.69) is 26.9 Å². The maximum atomic E-state index is 9.40. The molecule has 0 bridgehead atoms. The SMILES string of the molecule is N#C/C(=C/c1cc(Br)c(N2CCOCC2)o1)c1ccc(Cl)cc1. The van der Waals surface area contributed by atoms with Crippen LogP contribution in [0.4, 0.5) is 5.88 Å². The predicted molar refractivity (Wildman–Crippen MR) is 94.4 cm³/mol. The summed E-state index contributed by atoms with van der Waals surface area (Å²) in [4.78, 5) is 2.12. The van der Waals surface area contributed by atoms with E-state index in [1.807, 2.05) is 18.2 Å². The topological polar surface area (TPSA) is 49.4 Å². The number of ether oxygens (including phenoxy) is 1. The third kappa shape index (κ3) is 3.78. The molecule has 1 aromatic heterocycles. The summed E-state index contributed by atoms with van der Waals surface area (Å²) in [6.07, 6.45) is 1.73. The number of halogens is 2. The van der Waals surface area contributed by atoms with Gasteiger partial charge in [0.05, 0.1) is 29.3 Å². The standard InChI is InChI=1S/C17H14BrClN2O2/c18-16-10-15(23-17(16)21-5-7-22-8-6-21)9-13(11-20)12-1-3-14(19)4-2-12/h1-4,9-10H,5-8H2/b13-9-. The van der Waals surface area contributed by atoms with Gasteiger partial charge in [-0.3, -0.25) is 0 Å². The van der Waals surface area contributed by atoms with E-state index in [0.717, 1.165) is 29.0 Å². The molecule has 3 rings (SSSR count). The van der Waals surface area contributed by atoms with Crippen LogP contribution in [0.1, 0.15) is 11.3 Å². The lowest BCUT2D eigenvalue weighted by Crippen LogP contribution is -2.36. The molecule has 0 spiro atoms. The van der Waals surface area contributed by atoms with Gasteiger partial charge in [0.25, 0.3) is 0 Å². The van der Waals surface area contributed by atoms with Crippen molar-refractivity contribution >= 4 is 45.1 Å². The quantitative estimate of drug-likeness (QED) is 0.715. The molecule has 1 aliphatic rings. The normalized spacial score (nSPS) is 15.5. The summed E-state index contributed by atoms with van der Waals surface area (Å²) in [6.45, 7) is 2.95. The summed E-state index contributed by atoms with van der Waals surface area (Å²) >= 11 is 9.41. The molecule has 1 fully saturated rings. The number of hydrogen-bond acceptors (Lipinski definition) is 4. The Morgan fingerprint density at radius 2 is 1.96 bits per heavy atom. The largest absolute Gasteiger partial charge is 0.440 e. The number of anilines is 1. The van der Waals surface area contributed by atoms with Crippen LogP contribution in [0.3, 0.4) is 0 Å². The summed E-state index contributed by atoms with van der Waals surface area (Å²) < 4.78 is 12.1. The van der Waals surface area contributed by atoms with Crippen molar-refractivity contribution in [1.29, 1.82) is 5.26 Å². The second kappa shape index (κ2) is 7.22. The third-order valence-corrected chi connectivity index (χ3v) is 4.37. The molecule has 23 heavy (non-hydrogen) atoms. The number of allylic oxidation sites excluding steroid dienone is 1. The number of benzene rings is 1. The highest BCUT2D eigenvalue weighted by Crippen LogP contribution is 2.32. The van der Waals surface area contributed by atoms with Crippen molar-refractivity contribution in [3.63, 3.8) is 0 Å². The molecule has 2 heterocycles. The van der Waals surface area contributed by atoms with Gasteiger partial charge in [0, 0.05) is 24.2 Å². The van der Waals surface area contributed by atoms with E-state index in [9.17, 15) is 5.26 Å². The fourth-order valence-corrected chi connectivity index (χ4v) is 3.06. The number of morpholine rings is 1. The van der Waals surface area contributed by atoms with Gasteiger partial charge in [-0.15, -0.1) is 0 Å². The molecule has 118 valence electrons. The molecular weight excluding hydrogens is 380 g/mol. The molecule has 1 aliphatic heterocycles. The monoisotopic (exact) mass is 392 g/mol. The van der Waals surface area contributed by atoms with Crippen LogP contribution in [0.25, 0.3) is 11.6 Å². The van der Waals surface area contributed by atoms with Crippen LogP contribution in [-0.2, 0) is 4.74 Å². The molecule has 6 heteroatoms. The maximum Gasteiger partial charge on any atom is 0.210 e. The summed E-state index contributed by atoms with van der Waals surface area (Å²) in [5.41, 5.74) is 1.33. The van der Waals surface area contributed by atoms with Crippen molar-refractivity contribution in [2.45, 2.75) is 0 Å². The molecule has 1 saturated heterocycles. The number of rotatable bonds is 3. The Bertz CT molecular complexity index is 756. The predicted octanol–water partition coefficient (Wildman–Crippen LogP) is 4.60. The number of nitrogens with zero attached hydrogens (tertiary/aromatic N) is 2. The molecule has 0 N–H and O–H groups in total. The molecular formula is C17H14BrClN2O2. The van der Waals surface area contributed by atoms with Gasteiger partial charge < -0.3 is 14.1 Å². The molecule has 0 unspecified atom stereocenters. The Labute approximate surface area is 148 Å². The molecule has 0 atom stereocenters. The molecule has 0 aliphatic carbocycles. The van der Waals surface area contributed by atoms with Gasteiger partial charge >= 0.3 is 0 Å². The first kappa shape index (κ1) is 16.1. The van der Waals surface area contributed by atoms with E-state index >= 15 is 0 Å². The molecule has 0 radical (unpaired) electrons. The second-order valence-electron chi connectivity index (χ2n) is 5.08. The van der Waals surface area contributed by atoms with E-state index in [1.165, 1.54) is 0 Å². The minimum atomic E-state index is 0.524. The van der Waals surface area contributed by atoms with Crippen LogP contribution in [0.2, 0.25) is 5.02 Å². The Morgan fingerprint density at radius 3 is 2.61 bits per heavy atom. The highest BCUT2D eigenvalue weighted by atomic mass is 79.9. The minimum Gasteiger partial charge on any atom is -0.440 e. The minimum absolute atomic E-state index is 0.524. The first-order chi connectivity index (χ1) is 11.2. The molecule has 4 nitrogen and oxygen atoms in total. The van der Waals surface area contributed by atoms with Crippen LogP contribution < -0.4 is 4.90 Å². The number of nitriles is 1. The van der Waals surface area contributed by atoms with Gasteiger partial charge in [-0.2, -0.15) is 5.26 Å². The van der Waals surface area contributed by atoms with E-state index in [0.29, 0.717) is 29.6 Å². The van der Waals surface area contributed by atoms with Crippen LogP contribution in [0.15, 0.2) is 39.2 Å². The third-order valence-electron chi connectivity index (χ3n) is 3.55. The van der Waals surface area contributed by atoms with E-state index in [-0.39, 0.29) is 0 Å². The van der Waals surface area contributed by atoms with E-state index in [1.54, 1.807) is 18.2 Å². The van der Waals surface area contributed by atoms with E-state index in [4.69, 9.17) is 20.8 Å². The highest BCUT2D eigenvalue weighted by Gasteiger charge is 2.18. The van der Waals surface area contributed by atoms with Crippen molar-refractivity contribution in [3.05, 3.63) is 51.2 Å². The highest BCUT2D eigenvalue weighted by molar-refractivity contribution is 9.10. The first-order valence-corrected chi connectivity index (χ1v) is 8.34. The van der Waals surface area contributed by atoms with Gasteiger partial charge in [0.1, 0.15) is 5.76 Å². The molecule has 1 aromatic carbocycles. The Kier molecular flexibility index (Phi) is 5.06. The molecule has 0 saturated carbocycles. The van der Waals surface area contributed by atoms with Crippen molar-refractivity contribution in [2.24, 2.45) is 0 Å². The lowest BCUT2D eigenvalue weighted by Gasteiger charge is -2.26. The maximum absolute atomic E-state index is 9.40. The van der Waals surface area contributed by atoms with Crippen molar-refractivity contribution in [2.75, 3.05) is 31.2 Å². The Balaban J connectivity index is 1.88. The van der Waals surface area contributed by atoms with Gasteiger partial charge in [-0.05, 0) is 39.7 Å². The van der Waals surface area contributed by atoms with E-state index < -0.39 is 0 Å². The van der Waals surface area contributed by atoms with Gasteiger partial charge in [-0.25, -0.2) is 0 Å². The van der Waals surface area contributed by atoms with Crippen LogP contribution in [-0.4, -0.2) is 26.3 Å². The molecule has 2 aromatic rings. The fraction of sp³-hybridized carbons (Fsp3) is 0.235. The fourth-order valence-electron chi connectivity index (χ4n) is 2.38. The van der Waals surface area contributed by atoms with Crippen LogP contribution in [0.5, 0.6) is 0 Å². The zero-order valence-corrected chi connectivity index (χ0v) is 14.6. The Hall–Kier alpha value is -1.74. The lowest BCUT2D eigenvalue weighted by molar-refractivity contribution is 0.120. The summed E-state index contributed by atoms with van der Waals surface area (Å²) in [6, 6.07) is 11.2. The Morgan fingerprint density at radius 1 is 1.26 bits per heavy atom. The summed E-state index contributed by atoms with van der Waals surface area (Å²) in [7, 11) is 0. The second-order valence-corrected chi connectivity index (χ2v) is 6.37. The number of furan rings is 1. The zero-order chi connectivity index (χ0) is 16.2. The van der Waals surface area contributed by atoms with Gasteiger partial charge in [-0.1, -0.05) is 23.7 Å². The van der Waals surface area contributed by atoms with Gasteiger partial charge in [0.2, 0.25) is 5.88 Å². The number of hydrogen-bond donors (Lipinski definition) is 0. The van der Waals surface area contributed by atoms with Crippen LogP contribution in [0, 0.1) is 11.3 Å². The first-order valence-electron chi connectivity index (χ1n) is 7.17. The summed E-state index contributed by atoms with van der Waals surface area (Å²) in [5, 5.41) is 10.0. The van der Waals surface area contributed by atoms with Gasteiger partial charge in [0.15, 0.2) is 0 Å². The van der Waals surface area contributed by atoms with Crippen molar-refractivity contribution in [1.82, 2.24) is 0 Å². The van der Waals surface area contributed by atoms with Crippen molar-refractivity contribution in [3.8, 4) is 6.07 Å². The summed E-state index contributed by atoms with van der Waals surface area (Å²) in [5.74, 6) is 1.40. The smallest absolute Gasteiger partial charge is 0.210 e. The average molecular weight is 394 g/mol.